The monoisotopic (exact) mass is 312 g/mol. The van der Waals surface area contributed by atoms with E-state index in [2.05, 4.69) is 41.9 Å². The maximum Gasteiger partial charge on any atom is 0.273 e. The van der Waals surface area contributed by atoms with Gasteiger partial charge in [0.25, 0.3) is 5.69 Å². The van der Waals surface area contributed by atoms with Gasteiger partial charge in [0.15, 0.2) is 5.82 Å². The molecule has 0 spiro atoms. The highest BCUT2D eigenvalue weighted by Crippen LogP contribution is 2.30. The van der Waals surface area contributed by atoms with Crippen LogP contribution >= 0.6 is 15.9 Å². The van der Waals surface area contributed by atoms with Gasteiger partial charge in [0.2, 0.25) is 0 Å². The number of nitrogens with one attached hydrogen (secondary N) is 2. The number of rotatable bonds is 4. The number of tetrazole rings is 1. The van der Waals surface area contributed by atoms with E-state index in [0.29, 0.717) is 22.4 Å². The highest BCUT2D eigenvalue weighted by atomic mass is 79.9. The summed E-state index contributed by atoms with van der Waals surface area (Å²) in [5.41, 5.74) is 1.40. The van der Waals surface area contributed by atoms with Crippen LogP contribution in [0.3, 0.4) is 0 Å². The van der Waals surface area contributed by atoms with Crippen LogP contribution in [0.5, 0.6) is 0 Å². The maximum absolute atomic E-state index is 10.8. The molecule has 0 radical (unpaired) electrons. The SMILES string of the molecule is Cc1cc(NCc2nn[nH]n2)c(Br)cc1[N+](=O)[O-]. The third kappa shape index (κ3) is 2.62. The second-order valence-corrected chi connectivity index (χ2v) is 4.41. The number of aromatic nitrogens is 4. The van der Waals surface area contributed by atoms with Crippen molar-refractivity contribution < 1.29 is 4.92 Å². The molecule has 1 heterocycles. The first kappa shape index (κ1) is 12.4. The number of halogens is 1. The number of anilines is 1. The molecule has 0 saturated carbocycles. The van der Waals surface area contributed by atoms with Gasteiger partial charge >= 0.3 is 0 Å². The van der Waals surface area contributed by atoms with Gasteiger partial charge in [0.1, 0.15) is 0 Å². The summed E-state index contributed by atoms with van der Waals surface area (Å²) in [4.78, 5) is 10.3. The third-order valence-corrected chi connectivity index (χ3v) is 2.96. The van der Waals surface area contributed by atoms with Crippen LogP contribution in [0.1, 0.15) is 11.4 Å². The zero-order valence-electron chi connectivity index (χ0n) is 9.35. The van der Waals surface area contributed by atoms with Gasteiger partial charge in [-0.1, -0.05) is 5.21 Å². The van der Waals surface area contributed by atoms with Gasteiger partial charge in [-0.2, -0.15) is 5.21 Å². The van der Waals surface area contributed by atoms with E-state index < -0.39 is 4.92 Å². The van der Waals surface area contributed by atoms with E-state index in [0.717, 1.165) is 5.69 Å². The lowest BCUT2D eigenvalue weighted by Gasteiger charge is -2.08. The Labute approximate surface area is 110 Å². The number of hydrogen-bond acceptors (Lipinski definition) is 6. The Morgan fingerprint density at radius 1 is 1.56 bits per heavy atom. The first-order chi connectivity index (χ1) is 8.58. The maximum atomic E-state index is 10.8. The van der Waals surface area contributed by atoms with Crippen LogP contribution in [0.25, 0.3) is 0 Å². The Hall–Kier alpha value is -2.03. The molecule has 94 valence electrons. The molecule has 8 nitrogen and oxygen atoms in total. The van der Waals surface area contributed by atoms with Gasteiger partial charge in [-0.05, 0) is 28.9 Å². The minimum atomic E-state index is -0.414. The second-order valence-electron chi connectivity index (χ2n) is 3.56. The minimum Gasteiger partial charge on any atom is -0.377 e. The smallest absolute Gasteiger partial charge is 0.273 e. The van der Waals surface area contributed by atoms with E-state index in [1.54, 1.807) is 13.0 Å². The molecular weight excluding hydrogens is 304 g/mol. The molecule has 2 aromatic rings. The summed E-state index contributed by atoms with van der Waals surface area (Å²) < 4.78 is 0.614. The zero-order chi connectivity index (χ0) is 13.1. The first-order valence-corrected chi connectivity index (χ1v) is 5.78. The average Bonchev–Trinajstić information content (AvgIpc) is 2.82. The predicted molar refractivity (Wildman–Crippen MR) is 67.0 cm³/mol. The van der Waals surface area contributed by atoms with Crippen molar-refractivity contribution in [2.45, 2.75) is 13.5 Å². The van der Waals surface area contributed by atoms with Crippen molar-refractivity contribution in [2.75, 3.05) is 5.32 Å². The molecule has 0 unspecified atom stereocenters. The molecular formula is C9H9BrN6O2. The molecule has 18 heavy (non-hydrogen) atoms. The Balaban J connectivity index is 2.19. The fraction of sp³-hybridized carbons (Fsp3) is 0.222. The van der Waals surface area contributed by atoms with Crippen molar-refractivity contribution >= 4 is 27.3 Å². The van der Waals surface area contributed by atoms with E-state index in [1.807, 2.05) is 0 Å². The molecule has 0 amide bonds. The number of benzene rings is 1. The Kier molecular flexibility index (Phi) is 3.51. The highest BCUT2D eigenvalue weighted by molar-refractivity contribution is 9.10. The van der Waals surface area contributed by atoms with E-state index in [1.165, 1.54) is 6.07 Å². The predicted octanol–water partition coefficient (Wildman–Crippen LogP) is 1.79. The van der Waals surface area contributed by atoms with Gasteiger partial charge in [0, 0.05) is 21.8 Å². The molecule has 0 aliphatic rings. The fourth-order valence-electron chi connectivity index (χ4n) is 1.43. The van der Waals surface area contributed by atoms with Gasteiger partial charge in [0.05, 0.1) is 11.5 Å². The van der Waals surface area contributed by atoms with E-state index in [9.17, 15) is 10.1 Å². The van der Waals surface area contributed by atoms with Gasteiger partial charge in [-0.25, -0.2) is 0 Å². The minimum absolute atomic E-state index is 0.0759. The summed E-state index contributed by atoms with van der Waals surface area (Å²) in [6.07, 6.45) is 0. The van der Waals surface area contributed by atoms with Crippen molar-refractivity contribution in [3.8, 4) is 0 Å². The number of aromatic amines is 1. The van der Waals surface area contributed by atoms with Crippen LogP contribution in [0, 0.1) is 17.0 Å². The summed E-state index contributed by atoms with van der Waals surface area (Å²) in [5, 5.41) is 27.2. The van der Waals surface area contributed by atoms with Crippen LogP contribution < -0.4 is 5.32 Å². The molecule has 2 N–H and O–H groups in total. The summed E-state index contributed by atoms with van der Waals surface area (Å²) in [6, 6.07) is 3.16. The molecule has 9 heteroatoms. The average molecular weight is 313 g/mol. The number of nitro groups is 1. The van der Waals surface area contributed by atoms with Crippen molar-refractivity contribution in [3.05, 3.63) is 38.1 Å². The standard InChI is InChI=1S/C9H9BrN6O2/c1-5-2-7(6(10)3-8(5)16(17)18)11-4-9-12-14-15-13-9/h2-3,11H,4H2,1H3,(H,12,13,14,15). The number of hydrogen-bond donors (Lipinski definition) is 2. The summed E-state index contributed by atoms with van der Waals surface area (Å²) in [7, 11) is 0. The molecule has 0 saturated heterocycles. The summed E-state index contributed by atoms with van der Waals surface area (Å²) >= 11 is 3.28. The quantitative estimate of drug-likeness (QED) is 0.658. The lowest BCUT2D eigenvalue weighted by molar-refractivity contribution is -0.385. The highest BCUT2D eigenvalue weighted by Gasteiger charge is 2.14. The topological polar surface area (TPSA) is 110 Å². The summed E-state index contributed by atoms with van der Waals surface area (Å²) in [5.74, 6) is 0.512. The molecule has 1 aromatic carbocycles. The van der Waals surface area contributed by atoms with E-state index in [-0.39, 0.29) is 5.69 Å². The number of nitro benzene ring substituents is 1. The van der Waals surface area contributed by atoms with Crippen molar-refractivity contribution in [1.82, 2.24) is 20.6 Å². The molecule has 0 atom stereocenters. The number of aryl methyl sites for hydroxylation is 1. The van der Waals surface area contributed by atoms with Crippen LogP contribution in [0.4, 0.5) is 11.4 Å². The Morgan fingerprint density at radius 2 is 2.33 bits per heavy atom. The van der Waals surface area contributed by atoms with Crippen molar-refractivity contribution in [3.63, 3.8) is 0 Å². The van der Waals surface area contributed by atoms with Crippen molar-refractivity contribution in [1.29, 1.82) is 0 Å². The molecule has 2 rings (SSSR count). The second kappa shape index (κ2) is 5.08. The molecule has 0 aliphatic heterocycles. The van der Waals surface area contributed by atoms with Gasteiger partial charge in [-0.3, -0.25) is 10.1 Å². The Bertz CT molecular complexity index is 571. The first-order valence-electron chi connectivity index (χ1n) is 4.98. The zero-order valence-corrected chi connectivity index (χ0v) is 10.9. The fourth-order valence-corrected chi connectivity index (χ4v) is 1.91. The number of H-pyrrole nitrogens is 1. The summed E-state index contributed by atoms with van der Waals surface area (Å²) in [6.45, 7) is 2.07. The number of nitrogens with zero attached hydrogens (tertiary/aromatic N) is 4. The largest absolute Gasteiger partial charge is 0.377 e. The Morgan fingerprint density at radius 3 is 2.94 bits per heavy atom. The van der Waals surface area contributed by atoms with Gasteiger partial charge in [-0.15, -0.1) is 10.2 Å². The van der Waals surface area contributed by atoms with Crippen LogP contribution in [0.15, 0.2) is 16.6 Å². The lowest BCUT2D eigenvalue weighted by atomic mass is 10.2. The molecule has 0 fully saturated rings. The van der Waals surface area contributed by atoms with Crippen molar-refractivity contribution in [2.24, 2.45) is 0 Å². The van der Waals surface area contributed by atoms with E-state index in [4.69, 9.17) is 0 Å². The van der Waals surface area contributed by atoms with E-state index >= 15 is 0 Å². The van der Waals surface area contributed by atoms with Crippen LogP contribution in [0.2, 0.25) is 0 Å². The lowest BCUT2D eigenvalue weighted by Crippen LogP contribution is -2.03. The van der Waals surface area contributed by atoms with Crippen LogP contribution in [-0.4, -0.2) is 25.5 Å². The molecule has 0 bridgehead atoms. The molecule has 0 aliphatic carbocycles. The van der Waals surface area contributed by atoms with Crippen LogP contribution in [-0.2, 0) is 6.54 Å². The van der Waals surface area contributed by atoms with Gasteiger partial charge < -0.3 is 5.32 Å². The third-order valence-electron chi connectivity index (χ3n) is 2.31. The normalized spacial score (nSPS) is 10.3. The molecule has 1 aromatic heterocycles.